The number of aromatic nitrogens is 5. The molecule has 7 nitrogen and oxygen atoms in total. The number of carbonyl (C=O) groups excluding carboxylic acids is 1. The summed E-state index contributed by atoms with van der Waals surface area (Å²) in [5, 5.41) is 13.2. The molecule has 1 fully saturated rings. The largest absolute Gasteiger partial charge is 0.376 e. The average molecular weight is 432 g/mol. The van der Waals surface area contributed by atoms with Crippen molar-refractivity contribution in [1.29, 1.82) is 0 Å². The number of nitrogens with zero attached hydrogens (tertiary/aromatic N) is 5. The van der Waals surface area contributed by atoms with Crippen LogP contribution in [0.4, 0.5) is 0 Å². The molecule has 2 aromatic heterocycles. The lowest BCUT2D eigenvalue weighted by atomic mass is 10.2. The summed E-state index contributed by atoms with van der Waals surface area (Å²) in [4.78, 5) is 12.9. The summed E-state index contributed by atoms with van der Waals surface area (Å²) in [6, 6.07) is 9.54. The van der Waals surface area contributed by atoms with E-state index < -0.39 is 0 Å². The van der Waals surface area contributed by atoms with E-state index in [0.29, 0.717) is 22.3 Å². The van der Waals surface area contributed by atoms with Gasteiger partial charge in [-0.25, -0.2) is 4.68 Å². The first kappa shape index (κ1) is 20.1. The molecular weight excluding hydrogens is 410 g/mol. The van der Waals surface area contributed by atoms with Gasteiger partial charge in [-0.05, 0) is 61.4 Å². The first-order valence-electron chi connectivity index (χ1n) is 9.51. The van der Waals surface area contributed by atoms with E-state index in [1.807, 2.05) is 48.7 Å². The van der Waals surface area contributed by atoms with Crippen molar-refractivity contribution in [3.63, 3.8) is 0 Å². The van der Waals surface area contributed by atoms with E-state index in [4.69, 9.17) is 16.3 Å². The lowest BCUT2D eigenvalue weighted by molar-refractivity contribution is 0.0912. The summed E-state index contributed by atoms with van der Waals surface area (Å²) in [6.45, 7) is 5.34. The number of tetrazole rings is 1. The number of thioether (sulfide) groups is 1. The van der Waals surface area contributed by atoms with Crippen LogP contribution in [0.5, 0.6) is 0 Å². The number of aryl methyl sites for hydroxylation is 1. The normalized spacial score (nSPS) is 16.4. The minimum atomic E-state index is 0.0445. The quantitative estimate of drug-likeness (QED) is 0.417. The van der Waals surface area contributed by atoms with Crippen LogP contribution in [0.1, 0.15) is 34.6 Å². The van der Waals surface area contributed by atoms with Gasteiger partial charge in [0.15, 0.2) is 5.78 Å². The van der Waals surface area contributed by atoms with Crippen LogP contribution >= 0.6 is 23.4 Å². The van der Waals surface area contributed by atoms with Gasteiger partial charge in [-0.2, -0.15) is 0 Å². The fraction of sp³-hybridized carbons (Fsp3) is 0.400. The monoisotopic (exact) mass is 431 g/mol. The Hall–Kier alpha value is -2.16. The molecule has 0 spiro atoms. The number of Topliss-reactive ketones (excluding diaryl/α,β-unsaturated/α-hetero) is 1. The van der Waals surface area contributed by atoms with Crippen LogP contribution in [-0.4, -0.2) is 49.0 Å². The van der Waals surface area contributed by atoms with Crippen molar-refractivity contribution < 1.29 is 9.53 Å². The summed E-state index contributed by atoms with van der Waals surface area (Å²) >= 11 is 7.49. The highest BCUT2D eigenvalue weighted by Crippen LogP contribution is 2.25. The minimum Gasteiger partial charge on any atom is -0.376 e. The Morgan fingerprint density at radius 1 is 1.34 bits per heavy atom. The van der Waals surface area contributed by atoms with Crippen LogP contribution in [0.3, 0.4) is 0 Å². The maximum Gasteiger partial charge on any atom is 0.209 e. The second-order valence-corrected chi connectivity index (χ2v) is 8.47. The van der Waals surface area contributed by atoms with Crippen LogP contribution in [0, 0.1) is 13.8 Å². The SMILES string of the molecule is Cc1cc(C(=O)CSc2nnnn2C[C@@H]2CCCO2)c(C)n1-c1cccc(Cl)c1. The highest BCUT2D eigenvalue weighted by molar-refractivity contribution is 7.99. The van der Waals surface area contributed by atoms with Crippen molar-refractivity contribution in [2.24, 2.45) is 0 Å². The van der Waals surface area contributed by atoms with Crippen molar-refractivity contribution >= 4 is 29.1 Å². The lowest BCUT2D eigenvalue weighted by Gasteiger charge is -2.10. The summed E-state index contributed by atoms with van der Waals surface area (Å²) in [7, 11) is 0. The van der Waals surface area contributed by atoms with Crippen LogP contribution in [0.25, 0.3) is 5.69 Å². The van der Waals surface area contributed by atoms with Gasteiger partial charge in [0.25, 0.3) is 0 Å². The van der Waals surface area contributed by atoms with Gasteiger partial charge in [0.2, 0.25) is 5.16 Å². The number of carbonyl (C=O) groups is 1. The molecule has 1 aliphatic heterocycles. The molecule has 0 aliphatic carbocycles. The zero-order valence-electron chi connectivity index (χ0n) is 16.3. The lowest BCUT2D eigenvalue weighted by Crippen LogP contribution is -2.17. The molecular formula is C20H22ClN5O2S. The maximum absolute atomic E-state index is 12.9. The first-order valence-corrected chi connectivity index (χ1v) is 10.9. The molecule has 0 saturated carbocycles. The van der Waals surface area contributed by atoms with E-state index in [1.54, 1.807) is 4.68 Å². The van der Waals surface area contributed by atoms with Crippen molar-refractivity contribution in [1.82, 2.24) is 24.8 Å². The molecule has 0 amide bonds. The van der Waals surface area contributed by atoms with Gasteiger partial charge in [0.1, 0.15) is 0 Å². The summed E-state index contributed by atoms with van der Waals surface area (Å²) in [6.07, 6.45) is 2.22. The molecule has 152 valence electrons. The molecule has 0 bridgehead atoms. The third-order valence-corrected chi connectivity index (χ3v) is 6.22. The minimum absolute atomic E-state index is 0.0445. The van der Waals surface area contributed by atoms with E-state index in [9.17, 15) is 4.79 Å². The molecule has 3 heterocycles. The molecule has 0 N–H and O–H groups in total. The molecule has 0 radical (unpaired) electrons. The summed E-state index contributed by atoms with van der Waals surface area (Å²) in [5.74, 6) is 0.314. The van der Waals surface area contributed by atoms with Gasteiger partial charge in [-0.1, -0.05) is 29.4 Å². The topological polar surface area (TPSA) is 74.8 Å². The van der Waals surface area contributed by atoms with E-state index >= 15 is 0 Å². The van der Waals surface area contributed by atoms with E-state index in [-0.39, 0.29) is 17.6 Å². The second kappa shape index (κ2) is 8.69. The van der Waals surface area contributed by atoms with E-state index in [2.05, 4.69) is 15.5 Å². The molecule has 1 saturated heterocycles. The van der Waals surface area contributed by atoms with E-state index in [0.717, 1.165) is 36.5 Å². The maximum atomic E-state index is 12.9. The number of hydrogen-bond acceptors (Lipinski definition) is 6. The number of ether oxygens (including phenoxy) is 1. The number of halogens is 1. The average Bonchev–Trinajstić information content (AvgIpc) is 3.42. The highest BCUT2D eigenvalue weighted by atomic mass is 35.5. The van der Waals surface area contributed by atoms with Crippen LogP contribution < -0.4 is 0 Å². The van der Waals surface area contributed by atoms with Gasteiger partial charge in [0, 0.05) is 34.3 Å². The van der Waals surface area contributed by atoms with Crippen molar-refractivity contribution in [2.75, 3.05) is 12.4 Å². The van der Waals surface area contributed by atoms with Gasteiger partial charge in [-0.15, -0.1) is 5.10 Å². The van der Waals surface area contributed by atoms with Crippen LogP contribution in [0.2, 0.25) is 5.02 Å². The number of hydrogen-bond donors (Lipinski definition) is 0. The summed E-state index contributed by atoms with van der Waals surface area (Å²) < 4.78 is 9.43. The third kappa shape index (κ3) is 4.39. The number of ketones is 1. The van der Waals surface area contributed by atoms with Gasteiger partial charge in [-0.3, -0.25) is 4.79 Å². The first-order chi connectivity index (χ1) is 14.0. The van der Waals surface area contributed by atoms with Gasteiger partial charge < -0.3 is 9.30 Å². The Bertz CT molecular complexity index is 1030. The van der Waals surface area contributed by atoms with Crippen molar-refractivity contribution in [3.05, 3.63) is 52.3 Å². The molecule has 9 heteroatoms. The Kier molecular flexibility index (Phi) is 6.03. The third-order valence-electron chi connectivity index (χ3n) is 5.03. The molecule has 29 heavy (non-hydrogen) atoms. The highest BCUT2D eigenvalue weighted by Gasteiger charge is 2.21. The smallest absolute Gasteiger partial charge is 0.209 e. The molecule has 1 aliphatic rings. The van der Waals surface area contributed by atoms with Crippen LogP contribution in [0.15, 0.2) is 35.5 Å². The number of rotatable bonds is 7. The Balaban J connectivity index is 1.47. The number of benzene rings is 1. The van der Waals surface area contributed by atoms with Gasteiger partial charge in [0.05, 0.1) is 18.4 Å². The van der Waals surface area contributed by atoms with E-state index in [1.165, 1.54) is 11.8 Å². The van der Waals surface area contributed by atoms with Gasteiger partial charge >= 0.3 is 0 Å². The molecule has 0 unspecified atom stereocenters. The molecule has 1 atom stereocenters. The molecule has 4 rings (SSSR count). The fourth-order valence-corrected chi connectivity index (χ4v) is 4.62. The fourth-order valence-electron chi connectivity index (χ4n) is 3.66. The predicted octanol–water partition coefficient (Wildman–Crippen LogP) is 3.89. The standard InChI is InChI=1S/C20H22ClN5O2S/c1-13-9-18(14(2)26(13)16-6-3-5-15(21)10-16)19(27)12-29-20-22-23-24-25(20)11-17-7-4-8-28-17/h3,5-6,9-10,17H,4,7-8,11-12H2,1-2H3/t17-/m0/s1. The summed E-state index contributed by atoms with van der Waals surface area (Å²) in [5.41, 5.74) is 3.53. The van der Waals surface area contributed by atoms with Crippen LogP contribution in [-0.2, 0) is 11.3 Å². The Morgan fingerprint density at radius 2 is 2.21 bits per heavy atom. The molecule has 3 aromatic rings. The second-order valence-electron chi connectivity index (χ2n) is 7.09. The van der Waals surface area contributed by atoms with Crippen molar-refractivity contribution in [3.8, 4) is 5.69 Å². The Labute approximate surface area is 178 Å². The molecule has 1 aromatic carbocycles. The predicted molar refractivity (Wildman–Crippen MR) is 112 cm³/mol. The zero-order chi connectivity index (χ0) is 20.4. The Morgan fingerprint density at radius 3 is 2.97 bits per heavy atom. The zero-order valence-corrected chi connectivity index (χ0v) is 17.9. The van der Waals surface area contributed by atoms with Crippen molar-refractivity contribution in [2.45, 2.75) is 44.5 Å².